The van der Waals surface area contributed by atoms with Gasteiger partial charge in [0.2, 0.25) is 5.91 Å². The molecule has 98 valence electrons. The highest BCUT2D eigenvalue weighted by atomic mass is 32.1. The zero-order chi connectivity index (χ0) is 13.2. The van der Waals surface area contributed by atoms with Gasteiger partial charge in [-0.15, -0.1) is 0 Å². The molecule has 0 radical (unpaired) electrons. The van der Waals surface area contributed by atoms with Gasteiger partial charge in [0.25, 0.3) is 0 Å². The number of nitrogens with zero attached hydrogens (tertiary/aromatic N) is 3. The van der Waals surface area contributed by atoms with Crippen LogP contribution in [0.4, 0.5) is 5.13 Å². The number of piperazine rings is 1. The van der Waals surface area contributed by atoms with Crippen LogP contribution in [-0.2, 0) is 4.79 Å². The molecule has 1 aliphatic rings. The Morgan fingerprint density at radius 2 is 2.00 bits per heavy atom. The fraction of sp³-hybridized carbons (Fsp3) is 0.286. The van der Waals surface area contributed by atoms with Crippen LogP contribution in [0.3, 0.4) is 0 Å². The second-order valence-electron chi connectivity index (χ2n) is 4.48. The van der Waals surface area contributed by atoms with E-state index in [9.17, 15) is 4.79 Å². The molecule has 1 amide bonds. The molecule has 4 nitrogen and oxygen atoms in total. The van der Waals surface area contributed by atoms with E-state index >= 15 is 0 Å². The van der Waals surface area contributed by atoms with Crippen molar-refractivity contribution < 1.29 is 4.79 Å². The molecule has 1 aromatic carbocycles. The van der Waals surface area contributed by atoms with Gasteiger partial charge in [-0.05, 0) is 18.2 Å². The van der Waals surface area contributed by atoms with Gasteiger partial charge >= 0.3 is 0 Å². The number of anilines is 1. The van der Waals surface area contributed by atoms with E-state index in [0.717, 1.165) is 36.8 Å². The van der Waals surface area contributed by atoms with Gasteiger partial charge in [-0.1, -0.05) is 30.0 Å². The zero-order valence-corrected chi connectivity index (χ0v) is 11.4. The van der Waals surface area contributed by atoms with Crippen molar-refractivity contribution in [1.82, 2.24) is 9.88 Å². The molecule has 5 heteroatoms. The van der Waals surface area contributed by atoms with Crippen molar-refractivity contribution in [2.45, 2.75) is 0 Å². The van der Waals surface area contributed by atoms with Gasteiger partial charge in [-0.25, -0.2) is 4.98 Å². The summed E-state index contributed by atoms with van der Waals surface area (Å²) >= 11 is 1.71. The van der Waals surface area contributed by atoms with Gasteiger partial charge in [0, 0.05) is 26.2 Å². The molecule has 0 saturated carbocycles. The summed E-state index contributed by atoms with van der Waals surface area (Å²) < 4.78 is 1.21. The van der Waals surface area contributed by atoms with Crippen LogP contribution in [0.1, 0.15) is 0 Å². The first kappa shape index (κ1) is 12.2. The Morgan fingerprint density at radius 3 is 2.68 bits per heavy atom. The highest BCUT2D eigenvalue weighted by molar-refractivity contribution is 7.22. The van der Waals surface area contributed by atoms with Crippen molar-refractivity contribution in [3.8, 4) is 0 Å². The maximum atomic E-state index is 11.5. The van der Waals surface area contributed by atoms with Gasteiger partial charge in [-0.3, -0.25) is 4.79 Å². The van der Waals surface area contributed by atoms with Crippen LogP contribution in [0.15, 0.2) is 36.9 Å². The Hall–Kier alpha value is -1.88. The number of aromatic nitrogens is 1. The molecule has 19 heavy (non-hydrogen) atoms. The third kappa shape index (κ3) is 2.33. The maximum absolute atomic E-state index is 11.5. The Balaban J connectivity index is 1.74. The van der Waals surface area contributed by atoms with E-state index < -0.39 is 0 Å². The van der Waals surface area contributed by atoms with E-state index in [4.69, 9.17) is 0 Å². The monoisotopic (exact) mass is 273 g/mol. The predicted molar refractivity (Wildman–Crippen MR) is 78.6 cm³/mol. The summed E-state index contributed by atoms with van der Waals surface area (Å²) in [4.78, 5) is 20.3. The van der Waals surface area contributed by atoms with Crippen LogP contribution >= 0.6 is 11.3 Å². The Kier molecular flexibility index (Phi) is 3.21. The Bertz CT molecular complexity index is 581. The number of benzene rings is 1. The van der Waals surface area contributed by atoms with Crippen molar-refractivity contribution in [1.29, 1.82) is 0 Å². The van der Waals surface area contributed by atoms with E-state index in [1.54, 1.807) is 11.3 Å². The average molecular weight is 273 g/mol. The number of carbonyl (C=O) groups is 1. The molecule has 0 unspecified atom stereocenters. The van der Waals surface area contributed by atoms with Gasteiger partial charge in [0.1, 0.15) is 0 Å². The van der Waals surface area contributed by atoms with E-state index in [2.05, 4.69) is 22.5 Å². The molecular formula is C14H15N3OS. The quantitative estimate of drug-likeness (QED) is 0.787. The van der Waals surface area contributed by atoms with Crippen molar-refractivity contribution in [3.63, 3.8) is 0 Å². The lowest BCUT2D eigenvalue weighted by atomic mass is 10.3. The van der Waals surface area contributed by atoms with Crippen LogP contribution in [0.5, 0.6) is 0 Å². The van der Waals surface area contributed by atoms with Gasteiger partial charge in [-0.2, -0.15) is 0 Å². The summed E-state index contributed by atoms with van der Waals surface area (Å²) in [5, 5.41) is 1.05. The van der Waals surface area contributed by atoms with E-state index in [-0.39, 0.29) is 5.91 Å². The number of rotatable bonds is 2. The lowest BCUT2D eigenvalue weighted by Crippen LogP contribution is -2.48. The molecule has 1 fully saturated rings. The molecule has 2 heterocycles. The molecule has 0 atom stereocenters. The van der Waals surface area contributed by atoms with Gasteiger partial charge < -0.3 is 9.80 Å². The van der Waals surface area contributed by atoms with Crippen LogP contribution in [0.25, 0.3) is 10.2 Å². The molecule has 0 aliphatic carbocycles. The summed E-state index contributed by atoms with van der Waals surface area (Å²) in [5.74, 6) is 0.0175. The van der Waals surface area contributed by atoms with Crippen LogP contribution in [-0.4, -0.2) is 42.0 Å². The SMILES string of the molecule is C=CC(=O)N1CCN(c2nc3ccccc3s2)CC1. The second-order valence-corrected chi connectivity index (χ2v) is 5.49. The number of carbonyl (C=O) groups excluding carboxylic acids is 1. The summed E-state index contributed by atoms with van der Waals surface area (Å²) in [7, 11) is 0. The third-order valence-electron chi connectivity index (χ3n) is 3.32. The first-order valence-electron chi connectivity index (χ1n) is 6.30. The molecule has 0 bridgehead atoms. The summed E-state index contributed by atoms with van der Waals surface area (Å²) in [6.07, 6.45) is 1.38. The summed E-state index contributed by atoms with van der Waals surface area (Å²) in [5.41, 5.74) is 1.05. The molecule has 0 spiro atoms. The first-order valence-corrected chi connectivity index (χ1v) is 7.11. The lowest BCUT2D eigenvalue weighted by Gasteiger charge is -2.33. The van der Waals surface area contributed by atoms with Crippen LogP contribution < -0.4 is 4.90 Å². The third-order valence-corrected chi connectivity index (χ3v) is 4.42. The minimum atomic E-state index is 0.0175. The first-order chi connectivity index (χ1) is 9.28. The minimum absolute atomic E-state index is 0.0175. The van der Waals surface area contributed by atoms with E-state index in [1.165, 1.54) is 10.8 Å². The molecule has 2 aromatic rings. The van der Waals surface area contributed by atoms with Crippen LogP contribution in [0, 0.1) is 0 Å². The molecule has 1 aliphatic heterocycles. The normalized spacial score (nSPS) is 15.8. The predicted octanol–water partition coefficient (Wildman–Crippen LogP) is 2.13. The van der Waals surface area contributed by atoms with E-state index in [0.29, 0.717) is 0 Å². The molecule has 1 aromatic heterocycles. The fourth-order valence-corrected chi connectivity index (χ4v) is 3.26. The van der Waals surface area contributed by atoms with Gasteiger partial charge in [0.05, 0.1) is 10.2 Å². The topological polar surface area (TPSA) is 36.4 Å². The summed E-state index contributed by atoms with van der Waals surface area (Å²) in [6.45, 7) is 6.67. The van der Waals surface area contributed by atoms with E-state index in [1.807, 2.05) is 23.1 Å². The molecule has 0 N–H and O–H groups in total. The average Bonchev–Trinajstić information content (AvgIpc) is 2.90. The van der Waals surface area contributed by atoms with Crippen LogP contribution in [0.2, 0.25) is 0 Å². The largest absolute Gasteiger partial charge is 0.345 e. The zero-order valence-electron chi connectivity index (χ0n) is 10.6. The second kappa shape index (κ2) is 5.01. The van der Waals surface area contributed by atoms with Crippen molar-refractivity contribution in [2.24, 2.45) is 0 Å². The minimum Gasteiger partial charge on any atom is -0.345 e. The summed E-state index contributed by atoms with van der Waals surface area (Å²) in [6, 6.07) is 8.16. The number of hydrogen-bond donors (Lipinski definition) is 0. The molecular weight excluding hydrogens is 258 g/mol. The number of fused-ring (bicyclic) bond motifs is 1. The highest BCUT2D eigenvalue weighted by Gasteiger charge is 2.21. The molecule has 3 rings (SSSR count). The van der Waals surface area contributed by atoms with Gasteiger partial charge in [0.15, 0.2) is 5.13 Å². The highest BCUT2D eigenvalue weighted by Crippen LogP contribution is 2.29. The Morgan fingerprint density at radius 1 is 1.26 bits per heavy atom. The molecule has 1 saturated heterocycles. The number of hydrogen-bond acceptors (Lipinski definition) is 4. The van der Waals surface area contributed by atoms with Crippen molar-refractivity contribution in [2.75, 3.05) is 31.1 Å². The smallest absolute Gasteiger partial charge is 0.246 e. The number of thiazole rings is 1. The Labute approximate surface area is 116 Å². The standard InChI is InChI=1S/C14H15N3OS/c1-2-13(18)16-7-9-17(10-8-16)14-15-11-5-3-4-6-12(11)19-14/h2-6H,1,7-10H2. The number of para-hydroxylation sites is 1. The number of amides is 1. The fourth-order valence-electron chi connectivity index (χ4n) is 2.24. The van der Waals surface area contributed by atoms with Crippen molar-refractivity contribution in [3.05, 3.63) is 36.9 Å². The lowest BCUT2D eigenvalue weighted by molar-refractivity contribution is -0.126. The van der Waals surface area contributed by atoms with Crippen molar-refractivity contribution >= 4 is 32.6 Å². The maximum Gasteiger partial charge on any atom is 0.246 e.